The zero-order valence-corrected chi connectivity index (χ0v) is 13.6. The van der Waals surface area contributed by atoms with Gasteiger partial charge >= 0.3 is 5.97 Å². The number of hydrogen-bond donors (Lipinski definition) is 1. The van der Waals surface area contributed by atoms with E-state index in [9.17, 15) is 9.90 Å². The zero-order valence-electron chi connectivity index (χ0n) is 11.4. The van der Waals surface area contributed by atoms with Crippen LogP contribution in [0.4, 0.5) is 0 Å². The lowest BCUT2D eigenvalue weighted by atomic mass is 10.1. The Kier molecular flexibility index (Phi) is 6.95. The van der Waals surface area contributed by atoms with E-state index in [1.54, 1.807) is 13.8 Å². The largest absolute Gasteiger partial charge is 0.506 e. The van der Waals surface area contributed by atoms with Crippen LogP contribution in [0.3, 0.4) is 0 Å². The highest BCUT2D eigenvalue weighted by Crippen LogP contribution is 2.34. The average Bonchev–Trinajstić information content (AvgIpc) is 2.45. The summed E-state index contributed by atoms with van der Waals surface area (Å²) in [6.07, 6.45) is 2.43. The number of hydrogen-bond acceptors (Lipinski definition) is 5. The number of halogens is 3. The second-order valence-electron chi connectivity index (χ2n) is 3.70. The molecule has 0 saturated heterocycles. The molecule has 1 aromatic rings. The number of aromatic nitrogens is 1. The minimum Gasteiger partial charge on any atom is -0.506 e. The van der Waals surface area contributed by atoms with E-state index in [0.717, 1.165) is 0 Å². The van der Waals surface area contributed by atoms with Crippen molar-refractivity contribution in [2.45, 2.75) is 13.8 Å². The summed E-state index contributed by atoms with van der Waals surface area (Å²) in [7, 11) is 0. The van der Waals surface area contributed by atoms with Crippen molar-refractivity contribution in [1.82, 2.24) is 4.98 Å². The predicted octanol–water partition coefficient (Wildman–Crippen LogP) is 3.96. The van der Waals surface area contributed by atoms with E-state index >= 15 is 0 Å². The molecule has 0 spiro atoms. The fourth-order valence-electron chi connectivity index (χ4n) is 1.36. The van der Waals surface area contributed by atoms with E-state index < -0.39 is 11.7 Å². The third-order valence-electron chi connectivity index (χ3n) is 2.33. The lowest BCUT2D eigenvalue weighted by Crippen LogP contribution is -2.12. The van der Waals surface area contributed by atoms with Crippen molar-refractivity contribution >= 4 is 52.7 Å². The Bertz CT molecular complexity index is 601. The Labute approximate surface area is 137 Å². The standard InChI is InChI=1S/C13H13Cl3N2O3/c1-3-17-5-8(13(20)21-4-2)11(19)7-6-18-12(16)10(15)9(7)14/h5-6,19H,3-4H2,1-2H3. The number of aliphatic imine (C=N–C) groups is 1. The van der Waals surface area contributed by atoms with Gasteiger partial charge in [-0.1, -0.05) is 34.8 Å². The molecular formula is C13H13Cl3N2O3. The van der Waals surface area contributed by atoms with Crippen molar-refractivity contribution in [2.24, 2.45) is 4.99 Å². The number of pyridine rings is 1. The van der Waals surface area contributed by atoms with Crippen LogP contribution in [-0.4, -0.2) is 35.4 Å². The van der Waals surface area contributed by atoms with Gasteiger partial charge in [-0.2, -0.15) is 0 Å². The summed E-state index contributed by atoms with van der Waals surface area (Å²) in [5.41, 5.74) is -0.0718. The van der Waals surface area contributed by atoms with Crippen molar-refractivity contribution in [3.05, 3.63) is 32.5 Å². The molecule has 1 N–H and O–H groups in total. The summed E-state index contributed by atoms with van der Waals surface area (Å²) in [6.45, 7) is 4.02. The van der Waals surface area contributed by atoms with Crippen molar-refractivity contribution < 1.29 is 14.6 Å². The minimum atomic E-state index is -0.727. The number of rotatable bonds is 5. The molecular weight excluding hydrogens is 339 g/mol. The average molecular weight is 352 g/mol. The van der Waals surface area contributed by atoms with Gasteiger partial charge in [0.2, 0.25) is 0 Å². The zero-order chi connectivity index (χ0) is 16.0. The van der Waals surface area contributed by atoms with E-state index in [0.29, 0.717) is 6.54 Å². The molecule has 1 aromatic heterocycles. The van der Waals surface area contributed by atoms with Crippen LogP contribution in [0.5, 0.6) is 0 Å². The van der Waals surface area contributed by atoms with Crippen LogP contribution in [0.15, 0.2) is 16.8 Å². The summed E-state index contributed by atoms with van der Waals surface area (Å²) in [4.78, 5) is 19.6. The molecule has 0 aliphatic carbocycles. The summed E-state index contributed by atoms with van der Waals surface area (Å²) >= 11 is 17.6. The Morgan fingerprint density at radius 2 is 2.05 bits per heavy atom. The highest BCUT2D eigenvalue weighted by molar-refractivity contribution is 6.48. The van der Waals surface area contributed by atoms with Gasteiger partial charge in [-0.05, 0) is 13.8 Å². The highest BCUT2D eigenvalue weighted by atomic mass is 35.5. The summed E-state index contributed by atoms with van der Waals surface area (Å²) in [6, 6.07) is 0. The van der Waals surface area contributed by atoms with E-state index in [2.05, 4.69) is 9.98 Å². The van der Waals surface area contributed by atoms with Crippen LogP contribution in [0, 0.1) is 0 Å². The molecule has 0 aromatic carbocycles. The predicted molar refractivity (Wildman–Crippen MR) is 84.5 cm³/mol. The monoisotopic (exact) mass is 350 g/mol. The fourth-order valence-corrected chi connectivity index (χ4v) is 1.93. The van der Waals surface area contributed by atoms with Crippen molar-refractivity contribution in [3.8, 4) is 0 Å². The molecule has 0 aliphatic heterocycles. The molecule has 5 nitrogen and oxygen atoms in total. The van der Waals surface area contributed by atoms with Gasteiger partial charge in [0, 0.05) is 19.0 Å². The molecule has 1 rings (SSSR count). The Hall–Kier alpha value is -1.30. The van der Waals surface area contributed by atoms with Gasteiger partial charge in [0.05, 0.1) is 22.2 Å². The SMILES string of the molecule is CCN=CC(C(=O)OCC)=C(O)c1cnc(Cl)c(Cl)c1Cl. The molecule has 21 heavy (non-hydrogen) atoms. The van der Waals surface area contributed by atoms with E-state index in [4.69, 9.17) is 39.5 Å². The van der Waals surface area contributed by atoms with Crippen LogP contribution < -0.4 is 0 Å². The summed E-state index contributed by atoms with van der Waals surface area (Å²) < 4.78 is 4.87. The normalized spacial score (nSPS) is 12.4. The Morgan fingerprint density at radius 3 is 2.62 bits per heavy atom. The van der Waals surface area contributed by atoms with E-state index in [1.807, 2.05) is 0 Å². The number of carbonyl (C=O) groups is 1. The maximum absolute atomic E-state index is 11.9. The van der Waals surface area contributed by atoms with Gasteiger partial charge in [0.1, 0.15) is 16.5 Å². The van der Waals surface area contributed by atoms with Crippen molar-refractivity contribution in [2.75, 3.05) is 13.2 Å². The lowest BCUT2D eigenvalue weighted by Gasteiger charge is -2.09. The molecule has 114 valence electrons. The molecule has 0 unspecified atom stereocenters. The molecule has 0 bridgehead atoms. The minimum absolute atomic E-state index is 0.00173. The molecule has 0 amide bonds. The molecule has 1 heterocycles. The lowest BCUT2D eigenvalue weighted by molar-refractivity contribution is -0.137. The molecule has 0 aliphatic rings. The Balaban J connectivity index is 3.42. The van der Waals surface area contributed by atoms with Crippen molar-refractivity contribution in [1.29, 1.82) is 0 Å². The van der Waals surface area contributed by atoms with E-state index in [1.165, 1.54) is 12.4 Å². The second kappa shape index (κ2) is 8.22. The molecule has 0 atom stereocenters. The van der Waals surface area contributed by atoms with Crippen LogP contribution in [-0.2, 0) is 9.53 Å². The number of aliphatic hydroxyl groups excluding tert-OH is 1. The highest BCUT2D eigenvalue weighted by Gasteiger charge is 2.20. The summed E-state index contributed by atoms with van der Waals surface area (Å²) in [5.74, 6) is -1.16. The van der Waals surface area contributed by atoms with Gasteiger partial charge in [-0.25, -0.2) is 9.78 Å². The first-order chi connectivity index (χ1) is 9.93. The van der Waals surface area contributed by atoms with Crippen LogP contribution in [0.25, 0.3) is 5.76 Å². The maximum atomic E-state index is 11.9. The molecule has 0 saturated carbocycles. The van der Waals surface area contributed by atoms with E-state index in [-0.39, 0.29) is 32.9 Å². The van der Waals surface area contributed by atoms with Crippen LogP contribution >= 0.6 is 34.8 Å². The number of nitrogens with zero attached hydrogens (tertiary/aromatic N) is 2. The number of ether oxygens (including phenoxy) is 1. The van der Waals surface area contributed by atoms with Crippen LogP contribution in [0.2, 0.25) is 15.2 Å². The molecule has 0 fully saturated rings. The first-order valence-corrected chi connectivity index (χ1v) is 7.17. The molecule has 8 heteroatoms. The molecule has 0 radical (unpaired) electrons. The number of carbonyl (C=O) groups excluding carboxylic acids is 1. The quantitative estimate of drug-likeness (QED) is 0.286. The first kappa shape index (κ1) is 17.8. The second-order valence-corrected chi connectivity index (χ2v) is 4.82. The number of esters is 1. The smallest absolute Gasteiger partial charge is 0.343 e. The summed E-state index contributed by atoms with van der Waals surface area (Å²) in [5, 5.41) is 10.2. The third kappa shape index (κ3) is 4.33. The number of aliphatic hydroxyl groups is 1. The van der Waals surface area contributed by atoms with Gasteiger partial charge in [0.25, 0.3) is 0 Å². The fraction of sp³-hybridized carbons (Fsp3) is 0.308. The van der Waals surface area contributed by atoms with Gasteiger partial charge in [0.15, 0.2) is 0 Å². The first-order valence-electron chi connectivity index (χ1n) is 6.04. The van der Waals surface area contributed by atoms with Gasteiger partial charge in [-0.15, -0.1) is 0 Å². The third-order valence-corrected chi connectivity index (χ3v) is 3.57. The topological polar surface area (TPSA) is 71.8 Å². The van der Waals surface area contributed by atoms with Crippen molar-refractivity contribution in [3.63, 3.8) is 0 Å². The maximum Gasteiger partial charge on any atom is 0.343 e. The van der Waals surface area contributed by atoms with Gasteiger partial charge < -0.3 is 9.84 Å². The Morgan fingerprint density at radius 1 is 1.38 bits per heavy atom. The van der Waals surface area contributed by atoms with Gasteiger partial charge in [-0.3, -0.25) is 4.99 Å². The van der Waals surface area contributed by atoms with Crippen LogP contribution in [0.1, 0.15) is 19.4 Å².